The number of nitrogens with one attached hydrogen (secondary N) is 1. The van der Waals surface area contributed by atoms with E-state index in [1.54, 1.807) is 0 Å². The molecule has 2 rings (SSSR count). The summed E-state index contributed by atoms with van der Waals surface area (Å²) < 4.78 is 38.5. The second kappa shape index (κ2) is 5.77. The van der Waals surface area contributed by atoms with Gasteiger partial charge in [0.2, 0.25) is 17.9 Å². The highest BCUT2D eigenvalue weighted by Crippen LogP contribution is 2.35. The lowest BCUT2D eigenvalue weighted by Gasteiger charge is -2.28. The van der Waals surface area contributed by atoms with Crippen molar-refractivity contribution in [3.63, 3.8) is 0 Å². The number of halogens is 3. The second-order valence-electron chi connectivity index (χ2n) is 5.75. The van der Waals surface area contributed by atoms with Crippen molar-refractivity contribution < 1.29 is 27.7 Å². The number of rotatable bonds is 5. The highest BCUT2D eigenvalue weighted by atomic mass is 19.4. The van der Waals surface area contributed by atoms with Crippen molar-refractivity contribution in [1.29, 1.82) is 0 Å². The lowest BCUT2D eigenvalue weighted by atomic mass is 9.89. The standard InChI is InChI=1S/C14H14F3N3O4/c1-13(12(18)22,19-11(21)9-6-10(9)20(23)24)7-3-2-4-8(5-7)14(15,16)17/h2-5,9-10H,6H2,1H3,(H2,18,22)(H,19,21)/t9-,10+,13-/m1/s1. The van der Waals surface area contributed by atoms with Gasteiger partial charge in [0.25, 0.3) is 0 Å². The molecule has 1 aliphatic rings. The van der Waals surface area contributed by atoms with E-state index < -0.39 is 46.0 Å². The highest BCUT2D eigenvalue weighted by molar-refractivity contribution is 5.92. The summed E-state index contributed by atoms with van der Waals surface area (Å²) in [6.45, 7) is 1.16. The van der Waals surface area contributed by atoms with Crippen LogP contribution in [-0.2, 0) is 21.3 Å². The number of amides is 2. The summed E-state index contributed by atoms with van der Waals surface area (Å²) in [5.41, 5.74) is 2.18. The van der Waals surface area contributed by atoms with E-state index in [1.165, 1.54) is 6.07 Å². The van der Waals surface area contributed by atoms with Gasteiger partial charge in [0.1, 0.15) is 11.5 Å². The van der Waals surface area contributed by atoms with Crippen LogP contribution in [0, 0.1) is 16.0 Å². The van der Waals surface area contributed by atoms with Crippen molar-refractivity contribution in [2.45, 2.75) is 31.1 Å². The van der Waals surface area contributed by atoms with Gasteiger partial charge >= 0.3 is 6.18 Å². The van der Waals surface area contributed by atoms with Crippen LogP contribution in [0.3, 0.4) is 0 Å². The number of carbonyl (C=O) groups is 2. The number of alkyl halides is 3. The van der Waals surface area contributed by atoms with Gasteiger partial charge in [0.15, 0.2) is 0 Å². The first-order valence-electron chi connectivity index (χ1n) is 6.90. The largest absolute Gasteiger partial charge is 0.416 e. The Kier molecular flexibility index (Phi) is 4.25. The zero-order valence-electron chi connectivity index (χ0n) is 12.5. The topological polar surface area (TPSA) is 115 Å². The number of nitrogens with zero attached hydrogens (tertiary/aromatic N) is 1. The Morgan fingerprint density at radius 1 is 1.33 bits per heavy atom. The monoisotopic (exact) mass is 345 g/mol. The molecule has 7 nitrogen and oxygen atoms in total. The number of hydrogen-bond donors (Lipinski definition) is 2. The minimum atomic E-state index is -4.63. The molecule has 1 aliphatic carbocycles. The first kappa shape index (κ1) is 17.7. The Morgan fingerprint density at radius 3 is 2.38 bits per heavy atom. The van der Waals surface area contributed by atoms with E-state index in [9.17, 15) is 32.9 Å². The van der Waals surface area contributed by atoms with Crippen molar-refractivity contribution in [2.24, 2.45) is 11.7 Å². The van der Waals surface area contributed by atoms with Gasteiger partial charge in [-0.05, 0) is 24.6 Å². The predicted molar refractivity (Wildman–Crippen MR) is 75.0 cm³/mol. The smallest absolute Gasteiger partial charge is 0.367 e. The molecule has 1 saturated carbocycles. The average Bonchev–Trinajstić information content (AvgIpc) is 3.26. The van der Waals surface area contributed by atoms with Crippen molar-refractivity contribution in [2.75, 3.05) is 0 Å². The zero-order valence-corrected chi connectivity index (χ0v) is 12.5. The van der Waals surface area contributed by atoms with Crippen LogP contribution in [0.1, 0.15) is 24.5 Å². The molecule has 10 heteroatoms. The van der Waals surface area contributed by atoms with Gasteiger partial charge in [-0.25, -0.2) is 0 Å². The van der Waals surface area contributed by atoms with Crippen LogP contribution in [0.5, 0.6) is 0 Å². The van der Waals surface area contributed by atoms with Gasteiger partial charge < -0.3 is 11.1 Å². The Morgan fingerprint density at radius 2 is 1.92 bits per heavy atom. The summed E-state index contributed by atoms with van der Waals surface area (Å²) >= 11 is 0. The van der Waals surface area contributed by atoms with Crippen LogP contribution in [0.25, 0.3) is 0 Å². The maximum absolute atomic E-state index is 12.8. The highest BCUT2D eigenvalue weighted by Gasteiger charge is 2.55. The van der Waals surface area contributed by atoms with Crippen molar-refractivity contribution in [3.8, 4) is 0 Å². The third-order valence-corrected chi connectivity index (χ3v) is 4.00. The number of hydrogen-bond acceptors (Lipinski definition) is 4. The predicted octanol–water partition coefficient (Wildman–Crippen LogP) is 1.19. The van der Waals surface area contributed by atoms with E-state index in [2.05, 4.69) is 5.32 Å². The molecule has 0 saturated heterocycles. The van der Waals surface area contributed by atoms with E-state index in [-0.39, 0.29) is 12.0 Å². The van der Waals surface area contributed by atoms with E-state index in [1.807, 2.05) is 0 Å². The third-order valence-electron chi connectivity index (χ3n) is 4.00. The van der Waals surface area contributed by atoms with E-state index >= 15 is 0 Å². The summed E-state index contributed by atoms with van der Waals surface area (Å²) in [5, 5.41) is 12.9. The number of benzene rings is 1. The van der Waals surface area contributed by atoms with E-state index in [4.69, 9.17) is 5.73 Å². The lowest BCUT2D eigenvalue weighted by Crippen LogP contribution is -2.53. The normalized spacial score (nSPS) is 22.3. The summed E-state index contributed by atoms with van der Waals surface area (Å²) in [6, 6.07) is 2.78. The summed E-state index contributed by atoms with van der Waals surface area (Å²) in [4.78, 5) is 33.8. The second-order valence-corrected chi connectivity index (χ2v) is 5.75. The number of primary amides is 1. The quantitative estimate of drug-likeness (QED) is 0.616. The SMILES string of the molecule is C[C@](NC(=O)[C@@H]1C[C@@H]1[N+](=O)[O-])(C(N)=O)c1cccc(C(F)(F)F)c1. The Hall–Kier alpha value is -2.65. The zero-order chi connectivity index (χ0) is 18.3. The van der Waals surface area contributed by atoms with Crippen molar-refractivity contribution in [3.05, 3.63) is 45.5 Å². The minimum Gasteiger partial charge on any atom is -0.367 e. The molecule has 130 valence electrons. The molecule has 0 unspecified atom stereocenters. The molecule has 2 amide bonds. The average molecular weight is 345 g/mol. The molecule has 3 atom stereocenters. The van der Waals surface area contributed by atoms with Gasteiger partial charge in [-0.2, -0.15) is 13.2 Å². The Balaban J connectivity index is 2.30. The van der Waals surface area contributed by atoms with Gasteiger partial charge in [0.05, 0.1) is 5.56 Å². The van der Waals surface area contributed by atoms with Gasteiger partial charge in [0, 0.05) is 11.3 Å². The minimum absolute atomic E-state index is 0.0102. The fourth-order valence-electron chi connectivity index (χ4n) is 2.32. The first-order valence-corrected chi connectivity index (χ1v) is 6.90. The molecule has 1 aromatic carbocycles. The Bertz CT molecular complexity index is 707. The molecular weight excluding hydrogens is 331 g/mol. The number of nitro groups is 1. The molecule has 0 aliphatic heterocycles. The Labute approximate surface area is 134 Å². The van der Waals surface area contributed by atoms with Crippen molar-refractivity contribution in [1.82, 2.24) is 5.32 Å². The molecule has 1 fully saturated rings. The van der Waals surface area contributed by atoms with E-state index in [0.29, 0.717) is 6.07 Å². The van der Waals surface area contributed by atoms with Crippen LogP contribution in [-0.4, -0.2) is 22.8 Å². The molecule has 3 N–H and O–H groups in total. The van der Waals surface area contributed by atoms with Crippen molar-refractivity contribution >= 4 is 11.8 Å². The van der Waals surface area contributed by atoms with Crippen LogP contribution in [0.15, 0.2) is 24.3 Å². The lowest BCUT2D eigenvalue weighted by molar-refractivity contribution is -0.497. The van der Waals surface area contributed by atoms with Gasteiger partial charge in [-0.3, -0.25) is 19.7 Å². The molecule has 0 aromatic heterocycles. The van der Waals surface area contributed by atoms with Crippen LogP contribution in [0.4, 0.5) is 13.2 Å². The molecule has 0 spiro atoms. The number of nitrogens with two attached hydrogens (primary N) is 1. The fourth-order valence-corrected chi connectivity index (χ4v) is 2.32. The van der Waals surface area contributed by atoms with E-state index in [0.717, 1.165) is 19.1 Å². The summed E-state index contributed by atoms with van der Waals surface area (Å²) in [5.74, 6) is -2.80. The fraction of sp³-hybridized carbons (Fsp3) is 0.429. The maximum Gasteiger partial charge on any atom is 0.416 e. The summed E-state index contributed by atoms with van der Waals surface area (Å²) in [6.07, 6.45) is -4.62. The summed E-state index contributed by atoms with van der Waals surface area (Å²) in [7, 11) is 0. The maximum atomic E-state index is 12.8. The molecular formula is C14H14F3N3O4. The first-order chi connectivity index (χ1) is 11.0. The molecule has 0 heterocycles. The van der Waals surface area contributed by atoms with Gasteiger partial charge in [-0.15, -0.1) is 0 Å². The number of carbonyl (C=O) groups excluding carboxylic acids is 2. The molecule has 1 aromatic rings. The third kappa shape index (κ3) is 3.31. The van der Waals surface area contributed by atoms with Crippen LogP contribution < -0.4 is 11.1 Å². The van der Waals surface area contributed by atoms with Gasteiger partial charge in [-0.1, -0.05) is 12.1 Å². The molecule has 24 heavy (non-hydrogen) atoms. The molecule has 0 bridgehead atoms. The van der Waals surface area contributed by atoms with Crippen LogP contribution >= 0.6 is 0 Å². The molecule has 0 radical (unpaired) electrons. The van der Waals surface area contributed by atoms with Crippen LogP contribution in [0.2, 0.25) is 0 Å².